The number of ether oxygens (including phenoxy) is 1. The fourth-order valence-electron chi connectivity index (χ4n) is 1.63. The van der Waals surface area contributed by atoms with Gasteiger partial charge in [0.1, 0.15) is 5.75 Å². The van der Waals surface area contributed by atoms with E-state index in [0.29, 0.717) is 5.69 Å². The van der Waals surface area contributed by atoms with E-state index in [4.69, 9.17) is 4.74 Å². The molecule has 0 aliphatic carbocycles. The van der Waals surface area contributed by atoms with Crippen LogP contribution >= 0.6 is 0 Å². The van der Waals surface area contributed by atoms with Gasteiger partial charge in [0.15, 0.2) is 11.6 Å². The Kier molecular flexibility index (Phi) is 4.93. The Hall–Kier alpha value is -2.82. The number of hydrazine groups is 1. The number of hydrogen-bond acceptors (Lipinski definition) is 4. The standard InChI is InChI=1S/C16H17N3O2/c1-12(20)16(19-18-14-6-4-3-5-7-14)17-13-8-10-15(21-2)11-9-13/h3-11,18H,1-2H3,(H,17,19). The number of nitrogens with one attached hydrogen (secondary N) is 2. The Labute approximate surface area is 123 Å². The number of nitrogens with zero attached hydrogens (tertiary/aromatic N) is 1. The van der Waals surface area contributed by atoms with Gasteiger partial charge < -0.3 is 4.74 Å². The molecule has 0 aromatic heterocycles. The van der Waals surface area contributed by atoms with Gasteiger partial charge in [0.2, 0.25) is 0 Å². The van der Waals surface area contributed by atoms with Crippen molar-refractivity contribution < 1.29 is 9.53 Å². The summed E-state index contributed by atoms with van der Waals surface area (Å²) in [5.74, 6) is 0.826. The van der Waals surface area contributed by atoms with Crippen molar-refractivity contribution in [3.8, 4) is 5.75 Å². The second-order valence-corrected chi connectivity index (χ2v) is 4.33. The molecular formula is C16H17N3O2. The summed E-state index contributed by atoms with van der Waals surface area (Å²) in [6.07, 6.45) is 0. The predicted octanol–water partition coefficient (Wildman–Crippen LogP) is 2.93. The molecule has 0 heterocycles. The van der Waals surface area contributed by atoms with Crippen molar-refractivity contribution in [1.82, 2.24) is 5.43 Å². The van der Waals surface area contributed by atoms with Gasteiger partial charge in [0.25, 0.3) is 0 Å². The highest BCUT2D eigenvalue weighted by Crippen LogP contribution is 2.17. The van der Waals surface area contributed by atoms with E-state index < -0.39 is 0 Å². The summed E-state index contributed by atoms with van der Waals surface area (Å²) in [5.41, 5.74) is 7.29. The number of carbonyl (C=O) groups excluding carboxylic acids is 1. The number of benzene rings is 2. The van der Waals surface area contributed by atoms with E-state index in [2.05, 4.69) is 15.8 Å². The first-order valence-corrected chi connectivity index (χ1v) is 6.50. The number of aliphatic imine (C=N–C) groups is 1. The maximum absolute atomic E-state index is 11.6. The Bertz CT molecular complexity index is 622. The first-order valence-electron chi connectivity index (χ1n) is 6.50. The monoisotopic (exact) mass is 283 g/mol. The lowest BCUT2D eigenvalue weighted by atomic mass is 10.3. The van der Waals surface area contributed by atoms with E-state index >= 15 is 0 Å². The lowest BCUT2D eigenvalue weighted by molar-refractivity contribution is -0.111. The fraction of sp³-hybridized carbons (Fsp3) is 0.125. The Balaban J connectivity index is 2.10. The van der Waals surface area contributed by atoms with Crippen molar-refractivity contribution >= 4 is 23.0 Å². The van der Waals surface area contributed by atoms with Crippen LogP contribution in [0.25, 0.3) is 0 Å². The normalized spacial score (nSPS) is 10.9. The number of carbonyl (C=O) groups is 1. The highest BCUT2D eigenvalue weighted by Gasteiger charge is 2.05. The van der Waals surface area contributed by atoms with Gasteiger partial charge in [-0.3, -0.25) is 15.6 Å². The molecular weight excluding hydrogens is 266 g/mol. The average molecular weight is 283 g/mol. The molecule has 2 rings (SSSR count). The molecule has 5 heteroatoms. The summed E-state index contributed by atoms with van der Waals surface area (Å²) in [4.78, 5) is 15.9. The quantitative estimate of drug-likeness (QED) is 0.503. The smallest absolute Gasteiger partial charge is 0.196 e. The molecule has 0 saturated heterocycles. The lowest BCUT2D eigenvalue weighted by Gasteiger charge is -2.10. The zero-order valence-electron chi connectivity index (χ0n) is 12.0. The van der Waals surface area contributed by atoms with Crippen LogP contribution in [0.2, 0.25) is 0 Å². The molecule has 2 N–H and O–H groups in total. The van der Waals surface area contributed by atoms with Gasteiger partial charge >= 0.3 is 0 Å². The Morgan fingerprint density at radius 3 is 2.29 bits per heavy atom. The van der Waals surface area contributed by atoms with E-state index in [1.54, 1.807) is 31.4 Å². The molecule has 5 nitrogen and oxygen atoms in total. The van der Waals surface area contributed by atoms with Gasteiger partial charge in [-0.05, 0) is 36.4 Å². The van der Waals surface area contributed by atoms with Crippen LogP contribution in [0.4, 0.5) is 11.4 Å². The molecule has 21 heavy (non-hydrogen) atoms. The van der Waals surface area contributed by atoms with Crippen molar-refractivity contribution in [2.24, 2.45) is 4.99 Å². The molecule has 0 amide bonds. The van der Waals surface area contributed by atoms with Crippen LogP contribution in [-0.2, 0) is 4.79 Å². The van der Waals surface area contributed by atoms with Crippen molar-refractivity contribution in [2.45, 2.75) is 6.92 Å². The average Bonchev–Trinajstić information content (AvgIpc) is 2.52. The second-order valence-electron chi connectivity index (χ2n) is 4.33. The Morgan fingerprint density at radius 1 is 1.05 bits per heavy atom. The number of anilines is 1. The summed E-state index contributed by atoms with van der Waals surface area (Å²) in [7, 11) is 1.60. The number of rotatable bonds is 5. The summed E-state index contributed by atoms with van der Waals surface area (Å²) in [6, 6.07) is 16.6. The second kappa shape index (κ2) is 7.09. The van der Waals surface area contributed by atoms with Crippen molar-refractivity contribution in [1.29, 1.82) is 0 Å². The van der Waals surface area contributed by atoms with E-state index in [1.807, 2.05) is 30.3 Å². The minimum atomic E-state index is -0.158. The van der Waals surface area contributed by atoms with Crippen LogP contribution in [0.15, 0.2) is 59.6 Å². The molecule has 0 bridgehead atoms. The number of hydrogen-bond donors (Lipinski definition) is 2. The Morgan fingerprint density at radius 2 is 1.71 bits per heavy atom. The van der Waals surface area contributed by atoms with Crippen molar-refractivity contribution in [2.75, 3.05) is 12.5 Å². The van der Waals surface area contributed by atoms with Crippen LogP contribution in [0.1, 0.15) is 6.92 Å². The molecule has 0 spiro atoms. The molecule has 0 radical (unpaired) electrons. The molecule has 0 fully saturated rings. The van der Waals surface area contributed by atoms with Gasteiger partial charge in [-0.1, -0.05) is 18.2 Å². The topological polar surface area (TPSA) is 62.7 Å². The summed E-state index contributed by atoms with van der Waals surface area (Å²) in [6.45, 7) is 1.46. The molecule has 108 valence electrons. The van der Waals surface area contributed by atoms with E-state index in [9.17, 15) is 4.79 Å². The molecule has 0 aliphatic heterocycles. The van der Waals surface area contributed by atoms with Crippen LogP contribution in [0.3, 0.4) is 0 Å². The maximum Gasteiger partial charge on any atom is 0.196 e. The van der Waals surface area contributed by atoms with E-state index in [0.717, 1.165) is 11.4 Å². The third-order valence-electron chi connectivity index (χ3n) is 2.75. The van der Waals surface area contributed by atoms with Gasteiger partial charge in [0.05, 0.1) is 18.5 Å². The summed E-state index contributed by atoms with van der Waals surface area (Å²) in [5, 5.41) is 0. The van der Waals surface area contributed by atoms with Crippen LogP contribution in [-0.4, -0.2) is 18.7 Å². The largest absolute Gasteiger partial charge is 0.497 e. The van der Waals surface area contributed by atoms with Crippen LogP contribution in [0.5, 0.6) is 5.75 Å². The van der Waals surface area contributed by atoms with E-state index in [-0.39, 0.29) is 11.6 Å². The number of para-hydroxylation sites is 1. The van der Waals surface area contributed by atoms with Gasteiger partial charge in [-0.15, -0.1) is 0 Å². The molecule has 0 saturated carbocycles. The van der Waals surface area contributed by atoms with Gasteiger partial charge in [-0.25, -0.2) is 4.99 Å². The van der Waals surface area contributed by atoms with Crippen LogP contribution < -0.4 is 15.6 Å². The zero-order valence-corrected chi connectivity index (χ0v) is 12.0. The number of ketones is 1. The molecule has 0 aliphatic rings. The first-order chi connectivity index (χ1) is 10.2. The number of Topliss-reactive ketones (excluding diaryl/α,β-unsaturated/α-hetero) is 1. The maximum atomic E-state index is 11.6. The fourth-order valence-corrected chi connectivity index (χ4v) is 1.63. The third-order valence-corrected chi connectivity index (χ3v) is 2.75. The number of methoxy groups -OCH3 is 1. The summed E-state index contributed by atoms with van der Waals surface area (Å²) < 4.78 is 5.08. The lowest BCUT2D eigenvalue weighted by Crippen LogP contribution is -2.34. The van der Waals surface area contributed by atoms with Crippen molar-refractivity contribution in [3.63, 3.8) is 0 Å². The van der Waals surface area contributed by atoms with Gasteiger partial charge in [-0.2, -0.15) is 0 Å². The van der Waals surface area contributed by atoms with Gasteiger partial charge in [0, 0.05) is 6.92 Å². The molecule has 2 aromatic carbocycles. The molecule has 0 unspecified atom stereocenters. The first kappa shape index (κ1) is 14.6. The molecule has 2 aromatic rings. The highest BCUT2D eigenvalue weighted by atomic mass is 16.5. The minimum Gasteiger partial charge on any atom is -0.497 e. The zero-order chi connectivity index (χ0) is 15.1. The molecule has 0 atom stereocenters. The van der Waals surface area contributed by atoms with E-state index in [1.165, 1.54) is 6.92 Å². The highest BCUT2D eigenvalue weighted by molar-refractivity contribution is 6.38. The predicted molar refractivity (Wildman–Crippen MR) is 84.0 cm³/mol. The summed E-state index contributed by atoms with van der Waals surface area (Å²) >= 11 is 0. The van der Waals surface area contributed by atoms with Crippen LogP contribution in [0, 0.1) is 0 Å². The van der Waals surface area contributed by atoms with Crippen molar-refractivity contribution in [3.05, 3.63) is 54.6 Å². The third kappa shape index (κ3) is 4.35. The SMILES string of the molecule is COc1ccc(N=C(NNc2ccccc2)C(C)=O)cc1. The minimum absolute atomic E-state index is 0.158. The number of amidine groups is 1.